The van der Waals surface area contributed by atoms with Crippen molar-refractivity contribution in [1.82, 2.24) is 20.3 Å². The molecule has 116 valence electrons. The fraction of sp³-hybridized carbons (Fsp3) is 0.400. The molecule has 1 aliphatic rings. The number of hydrogen-bond donors (Lipinski definition) is 2. The van der Waals surface area contributed by atoms with Gasteiger partial charge in [-0.15, -0.1) is 10.2 Å². The second-order valence-corrected chi connectivity index (χ2v) is 5.81. The molecule has 1 saturated carbocycles. The molecule has 0 spiro atoms. The third kappa shape index (κ3) is 3.13. The maximum Gasteiger partial charge on any atom is 0.274 e. The number of carbonyl (C=O) groups is 1. The number of carbonyl (C=O) groups excluding carboxylic acids is 1. The Balaban J connectivity index is 1.84. The van der Waals surface area contributed by atoms with E-state index in [0.29, 0.717) is 10.7 Å². The maximum absolute atomic E-state index is 12.3. The van der Waals surface area contributed by atoms with E-state index in [1.165, 1.54) is 4.80 Å². The van der Waals surface area contributed by atoms with E-state index >= 15 is 0 Å². The third-order valence-corrected chi connectivity index (χ3v) is 4.05. The molecule has 1 amide bonds. The lowest BCUT2D eigenvalue weighted by Crippen LogP contribution is -2.33. The average Bonchev–Trinajstić information content (AvgIpc) is 3.17. The summed E-state index contributed by atoms with van der Waals surface area (Å²) in [6, 6.07) is 7.14. The lowest BCUT2D eigenvalue weighted by atomic mass is 10.2. The number of rotatable bonds is 4. The average molecular weight is 321 g/mol. The Hall–Kier alpha value is -1.92. The van der Waals surface area contributed by atoms with Crippen molar-refractivity contribution < 1.29 is 9.90 Å². The number of aliphatic hydroxyl groups is 1. The Morgan fingerprint density at radius 2 is 1.95 bits per heavy atom. The van der Waals surface area contributed by atoms with Gasteiger partial charge in [0, 0.05) is 11.1 Å². The van der Waals surface area contributed by atoms with Crippen LogP contribution in [0.25, 0.3) is 5.69 Å². The zero-order valence-corrected chi connectivity index (χ0v) is 12.8. The zero-order valence-electron chi connectivity index (χ0n) is 12.0. The summed E-state index contributed by atoms with van der Waals surface area (Å²) < 4.78 is 0. The van der Waals surface area contributed by atoms with Gasteiger partial charge in [0.05, 0.1) is 12.3 Å². The van der Waals surface area contributed by atoms with Crippen molar-refractivity contribution in [2.45, 2.75) is 38.3 Å². The van der Waals surface area contributed by atoms with Crippen molar-refractivity contribution in [2.75, 3.05) is 0 Å². The first kappa shape index (κ1) is 15.0. The molecule has 0 saturated heterocycles. The third-order valence-electron chi connectivity index (χ3n) is 3.80. The van der Waals surface area contributed by atoms with Gasteiger partial charge >= 0.3 is 0 Å². The standard InChI is InChI=1S/C15H17ClN4O2/c16-10-5-7-12(8-6-10)20-18-13(9-21)14(19-20)15(22)17-11-3-1-2-4-11/h5-8,11,21H,1-4,9H2,(H,17,22). The van der Waals surface area contributed by atoms with Crippen LogP contribution in [0.3, 0.4) is 0 Å². The van der Waals surface area contributed by atoms with E-state index in [1.54, 1.807) is 24.3 Å². The number of halogens is 1. The molecule has 0 atom stereocenters. The van der Waals surface area contributed by atoms with E-state index in [2.05, 4.69) is 15.5 Å². The van der Waals surface area contributed by atoms with Crippen LogP contribution in [0.15, 0.2) is 24.3 Å². The maximum atomic E-state index is 12.3. The van der Waals surface area contributed by atoms with Gasteiger partial charge in [-0.3, -0.25) is 4.79 Å². The van der Waals surface area contributed by atoms with Gasteiger partial charge in [-0.1, -0.05) is 24.4 Å². The topological polar surface area (TPSA) is 80.0 Å². The molecular formula is C15H17ClN4O2. The van der Waals surface area contributed by atoms with Gasteiger partial charge in [-0.25, -0.2) is 0 Å². The molecule has 0 radical (unpaired) electrons. The van der Waals surface area contributed by atoms with Gasteiger partial charge in [0.1, 0.15) is 5.69 Å². The van der Waals surface area contributed by atoms with Crippen LogP contribution in [-0.2, 0) is 6.61 Å². The largest absolute Gasteiger partial charge is 0.390 e. The minimum Gasteiger partial charge on any atom is -0.390 e. The van der Waals surface area contributed by atoms with E-state index in [0.717, 1.165) is 25.7 Å². The molecule has 3 rings (SSSR count). The molecule has 1 aliphatic carbocycles. The Labute approximate surface area is 133 Å². The number of aromatic nitrogens is 3. The van der Waals surface area contributed by atoms with Crippen LogP contribution in [0.2, 0.25) is 5.02 Å². The molecule has 1 heterocycles. The number of amides is 1. The second kappa shape index (κ2) is 6.46. The van der Waals surface area contributed by atoms with Gasteiger partial charge in [0.15, 0.2) is 5.69 Å². The van der Waals surface area contributed by atoms with E-state index in [1.807, 2.05) is 0 Å². The van der Waals surface area contributed by atoms with Crippen molar-refractivity contribution in [2.24, 2.45) is 0 Å². The highest BCUT2D eigenvalue weighted by molar-refractivity contribution is 6.30. The Morgan fingerprint density at radius 1 is 1.27 bits per heavy atom. The molecular weight excluding hydrogens is 304 g/mol. The summed E-state index contributed by atoms with van der Waals surface area (Å²) in [6.07, 6.45) is 4.25. The number of nitrogens with one attached hydrogen (secondary N) is 1. The minimum absolute atomic E-state index is 0.171. The predicted molar refractivity (Wildman–Crippen MR) is 82.0 cm³/mol. The van der Waals surface area contributed by atoms with Crippen molar-refractivity contribution in [3.05, 3.63) is 40.7 Å². The van der Waals surface area contributed by atoms with Crippen molar-refractivity contribution >= 4 is 17.5 Å². The van der Waals surface area contributed by atoms with Crippen LogP contribution < -0.4 is 5.32 Å². The van der Waals surface area contributed by atoms with Gasteiger partial charge in [-0.2, -0.15) is 4.80 Å². The highest BCUT2D eigenvalue weighted by atomic mass is 35.5. The Bertz CT molecular complexity index is 663. The van der Waals surface area contributed by atoms with Gasteiger partial charge in [0.25, 0.3) is 5.91 Å². The second-order valence-electron chi connectivity index (χ2n) is 5.37. The molecule has 6 nitrogen and oxygen atoms in total. The lowest BCUT2D eigenvalue weighted by molar-refractivity contribution is 0.0929. The fourth-order valence-electron chi connectivity index (χ4n) is 2.63. The molecule has 22 heavy (non-hydrogen) atoms. The number of hydrogen-bond acceptors (Lipinski definition) is 4. The minimum atomic E-state index is -0.332. The molecule has 2 aromatic rings. The lowest BCUT2D eigenvalue weighted by Gasteiger charge is -2.10. The molecule has 7 heteroatoms. The molecule has 1 aromatic carbocycles. The van der Waals surface area contributed by atoms with E-state index in [4.69, 9.17) is 11.6 Å². The van der Waals surface area contributed by atoms with Crippen LogP contribution >= 0.6 is 11.6 Å². The highest BCUT2D eigenvalue weighted by Crippen LogP contribution is 2.19. The van der Waals surface area contributed by atoms with E-state index in [-0.39, 0.29) is 29.9 Å². The first-order chi connectivity index (χ1) is 10.7. The molecule has 0 unspecified atom stereocenters. The molecule has 0 aliphatic heterocycles. The number of benzene rings is 1. The van der Waals surface area contributed by atoms with Gasteiger partial charge in [-0.05, 0) is 37.1 Å². The van der Waals surface area contributed by atoms with E-state index < -0.39 is 0 Å². The summed E-state index contributed by atoms with van der Waals surface area (Å²) in [5, 5.41) is 21.4. The van der Waals surface area contributed by atoms with Gasteiger partial charge < -0.3 is 10.4 Å². The molecule has 2 N–H and O–H groups in total. The first-order valence-corrected chi connectivity index (χ1v) is 7.69. The summed E-state index contributed by atoms with van der Waals surface area (Å²) in [7, 11) is 0. The molecule has 1 aromatic heterocycles. The fourth-order valence-corrected chi connectivity index (χ4v) is 2.76. The summed E-state index contributed by atoms with van der Waals surface area (Å²) in [6.45, 7) is -0.332. The van der Waals surface area contributed by atoms with E-state index in [9.17, 15) is 9.90 Å². The van der Waals surface area contributed by atoms with Crippen molar-refractivity contribution in [3.8, 4) is 5.69 Å². The Morgan fingerprint density at radius 3 is 2.59 bits per heavy atom. The first-order valence-electron chi connectivity index (χ1n) is 7.31. The molecule has 0 bridgehead atoms. The van der Waals surface area contributed by atoms with Crippen LogP contribution in [0.1, 0.15) is 41.9 Å². The summed E-state index contributed by atoms with van der Waals surface area (Å²) in [4.78, 5) is 13.7. The SMILES string of the molecule is O=C(NC1CCCC1)c1nn(-c2ccc(Cl)cc2)nc1CO. The number of aliphatic hydroxyl groups excluding tert-OH is 1. The zero-order chi connectivity index (χ0) is 15.5. The summed E-state index contributed by atoms with van der Waals surface area (Å²) in [5.74, 6) is -0.281. The van der Waals surface area contributed by atoms with Crippen molar-refractivity contribution in [3.63, 3.8) is 0 Å². The predicted octanol–water partition coefficient (Wildman–Crippen LogP) is 2.09. The van der Waals surface area contributed by atoms with Crippen LogP contribution in [0, 0.1) is 0 Å². The molecule has 1 fully saturated rings. The quantitative estimate of drug-likeness (QED) is 0.904. The Kier molecular flexibility index (Phi) is 4.40. The van der Waals surface area contributed by atoms with Crippen molar-refractivity contribution in [1.29, 1.82) is 0 Å². The smallest absolute Gasteiger partial charge is 0.274 e. The van der Waals surface area contributed by atoms with Gasteiger partial charge in [0.2, 0.25) is 0 Å². The summed E-state index contributed by atoms with van der Waals surface area (Å²) >= 11 is 5.85. The highest BCUT2D eigenvalue weighted by Gasteiger charge is 2.23. The van der Waals surface area contributed by atoms with Crippen LogP contribution in [0.4, 0.5) is 0 Å². The van der Waals surface area contributed by atoms with Crippen LogP contribution in [0.5, 0.6) is 0 Å². The van der Waals surface area contributed by atoms with Crippen LogP contribution in [-0.4, -0.2) is 32.0 Å². The monoisotopic (exact) mass is 320 g/mol. The number of nitrogens with zero attached hydrogens (tertiary/aromatic N) is 3. The summed E-state index contributed by atoms with van der Waals surface area (Å²) in [5.41, 5.74) is 1.12. The normalized spacial score (nSPS) is 15.2.